The second kappa shape index (κ2) is 7.62. The Labute approximate surface area is 140 Å². The number of hydrogen-bond acceptors (Lipinski definition) is 4. The van der Waals surface area contributed by atoms with Crippen molar-refractivity contribution in [2.45, 2.75) is 44.8 Å². The largest absolute Gasteiger partial charge is 0.488 e. The summed E-state index contributed by atoms with van der Waals surface area (Å²) in [6.45, 7) is 3.62. The zero-order chi connectivity index (χ0) is 16.9. The van der Waals surface area contributed by atoms with Crippen LogP contribution in [0.25, 0.3) is 0 Å². The summed E-state index contributed by atoms with van der Waals surface area (Å²) < 4.78 is 5.78. The number of thiophene rings is 1. The fourth-order valence-corrected chi connectivity index (χ4v) is 3.19. The quantitative estimate of drug-likeness (QED) is 0.773. The molecule has 0 spiro atoms. The van der Waals surface area contributed by atoms with Crippen LogP contribution < -0.4 is 10.5 Å². The average molecular weight is 333 g/mol. The monoisotopic (exact) mass is 333 g/mol. The van der Waals surface area contributed by atoms with Crippen LogP contribution in [0.3, 0.4) is 0 Å². The van der Waals surface area contributed by atoms with Gasteiger partial charge in [0.25, 0.3) is 0 Å². The maximum atomic E-state index is 11.5. The van der Waals surface area contributed by atoms with E-state index in [0.29, 0.717) is 18.6 Å². The Kier molecular flexibility index (Phi) is 5.80. The molecule has 0 saturated heterocycles. The fraction of sp³-hybridized carbons (Fsp3) is 0.389. The molecule has 0 aliphatic heterocycles. The molecule has 5 heteroatoms. The van der Waals surface area contributed by atoms with Crippen LogP contribution in [0, 0.1) is 0 Å². The molecule has 1 aromatic carbocycles. The standard InChI is InChI=1S/C18H23NO3S/c1-3-9-18(19,17(20)21)13(2)22-16-6-4-14(5-7-16)11-15-8-10-23-12-15/h4-8,10,12-13H,3,9,11,19H2,1-2H3,(H,20,21). The van der Waals surface area contributed by atoms with Crippen LogP contribution in [0.1, 0.15) is 37.8 Å². The zero-order valence-electron chi connectivity index (χ0n) is 13.5. The van der Waals surface area contributed by atoms with Gasteiger partial charge in [-0.15, -0.1) is 0 Å². The summed E-state index contributed by atoms with van der Waals surface area (Å²) in [5.74, 6) is -0.389. The van der Waals surface area contributed by atoms with E-state index in [4.69, 9.17) is 10.5 Å². The van der Waals surface area contributed by atoms with Gasteiger partial charge in [0, 0.05) is 0 Å². The number of rotatable bonds is 8. The third-order valence-electron chi connectivity index (χ3n) is 4.01. The lowest BCUT2D eigenvalue weighted by Gasteiger charge is -2.31. The number of carboxylic acid groups (broad SMARTS) is 1. The Hall–Kier alpha value is -1.85. The lowest BCUT2D eigenvalue weighted by atomic mass is 9.89. The van der Waals surface area contributed by atoms with Crippen molar-refractivity contribution in [3.8, 4) is 5.75 Å². The van der Waals surface area contributed by atoms with Crippen LogP contribution in [0.2, 0.25) is 0 Å². The molecule has 2 aromatic rings. The van der Waals surface area contributed by atoms with Gasteiger partial charge in [-0.1, -0.05) is 25.5 Å². The van der Waals surface area contributed by atoms with Gasteiger partial charge in [0.05, 0.1) is 0 Å². The normalized spacial score (nSPS) is 14.9. The van der Waals surface area contributed by atoms with E-state index in [2.05, 4.69) is 16.8 Å². The summed E-state index contributed by atoms with van der Waals surface area (Å²) in [5, 5.41) is 13.6. The van der Waals surface area contributed by atoms with Gasteiger partial charge in [-0.25, -0.2) is 0 Å². The maximum absolute atomic E-state index is 11.5. The highest BCUT2D eigenvalue weighted by molar-refractivity contribution is 7.07. The van der Waals surface area contributed by atoms with Crippen LogP contribution >= 0.6 is 11.3 Å². The number of hydrogen-bond donors (Lipinski definition) is 2. The van der Waals surface area contributed by atoms with Crippen molar-refractivity contribution in [2.75, 3.05) is 0 Å². The predicted molar refractivity (Wildman–Crippen MR) is 93.1 cm³/mol. The molecule has 1 heterocycles. The second-order valence-corrected chi connectivity index (χ2v) is 6.59. The number of aliphatic carboxylic acids is 1. The van der Waals surface area contributed by atoms with Crippen molar-refractivity contribution in [3.05, 3.63) is 52.2 Å². The minimum absolute atomic E-state index is 0.375. The van der Waals surface area contributed by atoms with E-state index in [1.807, 2.05) is 31.2 Å². The van der Waals surface area contributed by atoms with Gasteiger partial charge >= 0.3 is 5.97 Å². The second-order valence-electron chi connectivity index (χ2n) is 5.81. The molecule has 23 heavy (non-hydrogen) atoms. The van der Waals surface area contributed by atoms with Gasteiger partial charge in [0.15, 0.2) is 5.54 Å². The molecule has 0 aliphatic carbocycles. The summed E-state index contributed by atoms with van der Waals surface area (Å²) >= 11 is 1.69. The Morgan fingerprint density at radius 2 is 2.00 bits per heavy atom. The molecule has 0 bridgehead atoms. The van der Waals surface area contributed by atoms with Gasteiger partial charge in [-0.3, -0.25) is 4.79 Å². The first-order valence-electron chi connectivity index (χ1n) is 7.74. The third-order valence-corrected chi connectivity index (χ3v) is 4.74. The van der Waals surface area contributed by atoms with Crippen molar-refractivity contribution in [1.29, 1.82) is 0 Å². The molecule has 0 saturated carbocycles. The number of ether oxygens (including phenoxy) is 1. The van der Waals surface area contributed by atoms with Gasteiger partial charge in [-0.2, -0.15) is 11.3 Å². The fourth-order valence-electron chi connectivity index (χ4n) is 2.52. The topological polar surface area (TPSA) is 72.6 Å². The molecule has 124 valence electrons. The van der Waals surface area contributed by atoms with Crippen LogP contribution in [0.5, 0.6) is 5.75 Å². The van der Waals surface area contributed by atoms with E-state index in [9.17, 15) is 9.90 Å². The molecule has 0 radical (unpaired) electrons. The molecule has 2 unspecified atom stereocenters. The SMILES string of the molecule is CCCC(N)(C(=O)O)C(C)Oc1ccc(Cc2ccsc2)cc1. The highest BCUT2D eigenvalue weighted by atomic mass is 32.1. The lowest BCUT2D eigenvalue weighted by molar-refractivity contribution is -0.147. The average Bonchev–Trinajstić information content (AvgIpc) is 3.02. The predicted octanol–water partition coefficient (Wildman–Crippen LogP) is 3.69. The van der Waals surface area contributed by atoms with E-state index in [-0.39, 0.29) is 0 Å². The number of benzene rings is 1. The Morgan fingerprint density at radius 3 is 2.52 bits per heavy atom. The molecule has 2 rings (SSSR count). The number of carbonyl (C=O) groups is 1. The van der Waals surface area contributed by atoms with Crippen LogP contribution in [0.4, 0.5) is 0 Å². The summed E-state index contributed by atoms with van der Waals surface area (Å²) in [7, 11) is 0. The van der Waals surface area contributed by atoms with Crippen LogP contribution in [-0.2, 0) is 11.2 Å². The van der Waals surface area contributed by atoms with Crippen molar-refractivity contribution in [2.24, 2.45) is 5.73 Å². The van der Waals surface area contributed by atoms with Gasteiger partial charge < -0.3 is 15.6 Å². The van der Waals surface area contributed by atoms with Crippen molar-refractivity contribution >= 4 is 17.3 Å². The number of nitrogens with two attached hydrogens (primary N) is 1. The van der Waals surface area contributed by atoms with E-state index in [0.717, 1.165) is 6.42 Å². The van der Waals surface area contributed by atoms with Gasteiger partial charge in [0.2, 0.25) is 0 Å². The zero-order valence-corrected chi connectivity index (χ0v) is 14.3. The molecule has 0 fully saturated rings. The highest BCUT2D eigenvalue weighted by Crippen LogP contribution is 2.23. The van der Waals surface area contributed by atoms with Crippen molar-refractivity contribution < 1.29 is 14.6 Å². The first kappa shape index (κ1) is 17.5. The minimum atomic E-state index is -1.37. The number of carboxylic acids is 1. The molecule has 0 aliphatic rings. The van der Waals surface area contributed by atoms with E-state index in [1.165, 1.54) is 11.1 Å². The summed E-state index contributed by atoms with van der Waals surface area (Å²) in [5.41, 5.74) is 7.14. The summed E-state index contributed by atoms with van der Waals surface area (Å²) in [4.78, 5) is 11.5. The molecular formula is C18H23NO3S. The van der Waals surface area contributed by atoms with E-state index >= 15 is 0 Å². The van der Waals surface area contributed by atoms with Crippen molar-refractivity contribution in [1.82, 2.24) is 0 Å². The molecule has 4 nitrogen and oxygen atoms in total. The van der Waals surface area contributed by atoms with Crippen LogP contribution in [-0.4, -0.2) is 22.7 Å². The molecule has 1 aromatic heterocycles. The van der Waals surface area contributed by atoms with E-state index < -0.39 is 17.6 Å². The molecule has 2 atom stereocenters. The third kappa shape index (κ3) is 4.33. The van der Waals surface area contributed by atoms with Gasteiger partial charge in [0.1, 0.15) is 11.9 Å². The Morgan fingerprint density at radius 1 is 1.30 bits per heavy atom. The minimum Gasteiger partial charge on any atom is -0.488 e. The van der Waals surface area contributed by atoms with Crippen LogP contribution in [0.15, 0.2) is 41.1 Å². The molecule has 3 N–H and O–H groups in total. The van der Waals surface area contributed by atoms with Crippen molar-refractivity contribution in [3.63, 3.8) is 0 Å². The first-order valence-corrected chi connectivity index (χ1v) is 8.69. The summed E-state index contributed by atoms with van der Waals surface area (Å²) in [6.07, 6.45) is 1.34. The van der Waals surface area contributed by atoms with Gasteiger partial charge in [-0.05, 0) is 59.9 Å². The first-order chi connectivity index (χ1) is 11.0. The molecular weight excluding hydrogens is 310 g/mol. The molecule has 0 amide bonds. The maximum Gasteiger partial charge on any atom is 0.327 e. The Balaban J connectivity index is 2.03. The van der Waals surface area contributed by atoms with E-state index in [1.54, 1.807) is 18.3 Å². The Bertz CT molecular complexity index is 624. The highest BCUT2D eigenvalue weighted by Gasteiger charge is 2.40. The summed E-state index contributed by atoms with van der Waals surface area (Å²) in [6, 6.07) is 9.84. The smallest absolute Gasteiger partial charge is 0.327 e. The lowest BCUT2D eigenvalue weighted by Crippen LogP contribution is -2.58.